The zero-order valence-electron chi connectivity index (χ0n) is 17.2. The number of carbonyl (C=O) groups is 1. The molecule has 2 saturated carbocycles. The van der Waals surface area contributed by atoms with Gasteiger partial charge in [-0.05, 0) is 96.5 Å². The van der Waals surface area contributed by atoms with Crippen LogP contribution in [0.3, 0.4) is 0 Å². The van der Waals surface area contributed by atoms with Crippen molar-refractivity contribution in [2.75, 3.05) is 10.6 Å². The van der Waals surface area contributed by atoms with Crippen LogP contribution in [0.15, 0.2) is 72.8 Å². The van der Waals surface area contributed by atoms with Gasteiger partial charge in [0.25, 0.3) is 5.91 Å². The fourth-order valence-corrected chi connectivity index (χ4v) is 6.35. The monoisotopic (exact) mass is 412 g/mol. The number of carbonyl (C=O) groups excluding carboxylic acids is 1. The number of anilines is 2. The fourth-order valence-electron chi connectivity index (χ4n) is 6.35. The lowest BCUT2D eigenvalue weighted by molar-refractivity contribution is 0.102. The molecule has 3 aliphatic rings. The van der Waals surface area contributed by atoms with E-state index in [0.717, 1.165) is 11.6 Å². The maximum absolute atomic E-state index is 13.2. The molecule has 2 aliphatic carbocycles. The van der Waals surface area contributed by atoms with Crippen molar-refractivity contribution in [2.45, 2.75) is 31.2 Å². The first-order valence-electron chi connectivity index (χ1n) is 11.2. The summed E-state index contributed by atoms with van der Waals surface area (Å²) >= 11 is 0. The highest BCUT2D eigenvalue weighted by Gasteiger charge is 2.53. The smallest absolute Gasteiger partial charge is 0.255 e. The summed E-state index contributed by atoms with van der Waals surface area (Å²) in [6.07, 6.45) is 3.90. The van der Waals surface area contributed by atoms with Gasteiger partial charge in [0.2, 0.25) is 0 Å². The average molecular weight is 413 g/mol. The highest BCUT2D eigenvalue weighted by Crippen LogP contribution is 2.63. The van der Waals surface area contributed by atoms with E-state index < -0.39 is 0 Å². The highest BCUT2D eigenvalue weighted by atomic mass is 19.1. The summed E-state index contributed by atoms with van der Waals surface area (Å²) in [5, 5.41) is 6.71. The molecule has 0 spiro atoms. The Labute approximate surface area is 181 Å². The fraction of sp³-hybridized carbons (Fsp3) is 0.296. The number of fused-ring (bicyclic) bond motifs is 7. The van der Waals surface area contributed by atoms with Crippen LogP contribution < -0.4 is 10.6 Å². The van der Waals surface area contributed by atoms with Crippen LogP contribution in [0, 0.1) is 23.6 Å². The molecule has 1 heterocycles. The molecule has 0 saturated heterocycles. The number of halogens is 1. The lowest BCUT2D eigenvalue weighted by atomic mass is 9.68. The van der Waals surface area contributed by atoms with Gasteiger partial charge in [0.05, 0.1) is 6.04 Å². The van der Waals surface area contributed by atoms with E-state index in [1.54, 1.807) is 12.1 Å². The third-order valence-electron chi connectivity index (χ3n) is 7.61. The van der Waals surface area contributed by atoms with E-state index in [-0.39, 0.29) is 11.7 Å². The van der Waals surface area contributed by atoms with Gasteiger partial charge >= 0.3 is 0 Å². The number of amides is 1. The van der Waals surface area contributed by atoms with Crippen LogP contribution in [0.4, 0.5) is 15.8 Å². The summed E-state index contributed by atoms with van der Waals surface area (Å²) in [5.41, 5.74) is 5.06. The van der Waals surface area contributed by atoms with Gasteiger partial charge < -0.3 is 10.6 Å². The van der Waals surface area contributed by atoms with Crippen molar-refractivity contribution in [3.8, 4) is 0 Å². The molecule has 31 heavy (non-hydrogen) atoms. The highest BCUT2D eigenvalue weighted by molar-refractivity contribution is 6.04. The third kappa shape index (κ3) is 3.13. The number of hydrogen-bond donors (Lipinski definition) is 2. The number of hydrogen-bond acceptors (Lipinski definition) is 2. The zero-order chi connectivity index (χ0) is 20.9. The first-order chi connectivity index (χ1) is 15.2. The topological polar surface area (TPSA) is 41.1 Å². The average Bonchev–Trinajstić information content (AvgIpc) is 3.43. The van der Waals surface area contributed by atoms with Gasteiger partial charge in [-0.1, -0.05) is 30.3 Å². The molecule has 1 aliphatic heterocycles. The predicted molar refractivity (Wildman–Crippen MR) is 121 cm³/mol. The molecule has 4 heteroatoms. The van der Waals surface area contributed by atoms with E-state index in [1.807, 2.05) is 6.07 Å². The van der Waals surface area contributed by atoms with Gasteiger partial charge in [-0.3, -0.25) is 4.79 Å². The van der Waals surface area contributed by atoms with Crippen molar-refractivity contribution in [3.05, 3.63) is 95.3 Å². The van der Waals surface area contributed by atoms with Crippen LogP contribution in [-0.2, 0) is 0 Å². The second-order valence-corrected chi connectivity index (χ2v) is 9.23. The molecule has 3 aromatic rings. The third-order valence-corrected chi connectivity index (χ3v) is 7.61. The summed E-state index contributed by atoms with van der Waals surface area (Å²) in [4.78, 5) is 12.9. The summed E-state index contributed by atoms with van der Waals surface area (Å²) in [6.45, 7) is 0. The van der Waals surface area contributed by atoms with E-state index in [0.29, 0.717) is 35.0 Å². The molecule has 0 radical (unpaired) electrons. The molecule has 1 amide bonds. The maximum atomic E-state index is 13.2. The van der Waals surface area contributed by atoms with Crippen LogP contribution in [0.1, 0.15) is 52.7 Å². The lowest BCUT2D eigenvalue weighted by Gasteiger charge is -2.43. The molecule has 2 N–H and O–H groups in total. The molecule has 0 unspecified atom stereocenters. The zero-order valence-corrected chi connectivity index (χ0v) is 17.2. The Morgan fingerprint density at radius 2 is 1.71 bits per heavy atom. The van der Waals surface area contributed by atoms with Crippen molar-refractivity contribution < 1.29 is 9.18 Å². The summed E-state index contributed by atoms with van der Waals surface area (Å²) < 4.78 is 13.2. The van der Waals surface area contributed by atoms with E-state index >= 15 is 0 Å². The van der Waals surface area contributed by atoms with Crippen LogP contribution in [0.25, 0.3) is 0 Å². The van der Waals surface area contributed by atoms with Crippen molar-refractivity contribution in [1.82, 2.24) is 0 Å². The Kier molecular flexibility index (Phi) is 4.34. The Morgan fingerprint density at radius 3 is 2.52 bits per heavy atom. The molecule has 5 atom stereocenters. The van der Waals surface area contributed by atoms with Gasteiger partial charge in [0.15, 0.2) is 0 Å². The summed E-state index contributed by atoms with van der Waals surface area (Å²) in [7, 11) is 0. The molecule has 3 aromatic carbocycles. The van der Waals surface area contributed by atoms with Gasteiger partial charge in [-0.2, -0.15) is 0 Å². The quantitative estimate of drug-likeness (QED) is 0.524. The minimum Gasteiger partial charge on any atom is -0.378 e. The van der Waals surface area contributed by atoms with Gasteiger partial charge in [0.1, 0.15) is 5.82 Å². The van der Waals surface area contributed by atoms with Gasteiger partial charge in [-0.25, -0.2) is 4.39 Å². The summed E-state index contributed by atoms with van der Waals surface area (Å²) in [5.74, 6) is 2.06. The Hall–Kier alpha value is -3.14. The van der Waals surface area contributed by atoms with E-state index in [9.17, 15) is 9.18 Å². The van der Waals surface area contributed by atoms with Gasteiger partial charge in [-0.15, -0.1) is 0 Å². The second-order valence-electron chi connectivity index (χ2n) is 9.23. The Balaban J connectivity index is 1.34. The first kappa shape index (κ1) is 18.6. The van der Waals surface area contributed by atoms with E-state index in [2.05, 4.69) is 53.1 Å². The minimum absolute atomic E-state index is 0.153. The standard InChI is InChI=1S/C27H25FN2O/c28-20-9-11-21(12-10-20)29-27(31)19-8-13-23-22(15-19)24-17-6-7-18(14-17)25(24)26(30-23)16-4-2-1-3-5-16/h1-5,8-13,15,17-18,24-26,30H,6-7,14H2,(H,29,31)/t17-,18-,24+,25-,26-/m0/s1. The Morgan fingerprint density at radius 1 is 0.935 bits per heavy atom. The predicted octanol–water partition coefficient (Wildman–Crippen LogP) is 6.37. The van der Waals surface area contributed by atoms with Crippen LogP contribution in [-0.4, -0.2) is 5.91 Å². The number of rotatable bonds is 3. The van der Waals surface area contributed by atoms with Gasteiger partial charge in [0, 0.05) is 16.9 Å². The molecule has 6 rings (SSSR count). The van der Waals surface area contributed by atoms with Crippen molar-refractivity contribution >= 4 is 17.3 Å². The number of benzene rings is 3. The van der Waals surface area contributed by atoms with Crippen LogP contribution in [0.2, 0.25) is 0 Å². The van der Waals surface area contributed by atoms with Crippen LogP contribution >= 0.6 is 0 Å². The Bertz CT molecular complexity index is 1130. The normalized spacial score (nSPS) is 27.8. The number of nitrogens with one attached hydrogen (secondary N) is 2. The SMILES string of the molecule is O=C(Nc1ccc(F)cc1)c1ccc2c(c1)[C@H]1[C@H]3CC[C@@H](C3)[C@@H]1[C@H](c1ccccc1)N2. The summed E-state index contributed by atoms with van der Waals surface area (Å²) in [6, 6.07) is 23.0. The molecular formula is C27H25FN2O. The molecule has 156 valence electrons. The molecule has 0 aromatic heterocycles. The minimum atomic E-state index is -0.312. The second kappa shape index (κ2) is 7.23. The largest absolute Gasteiger partial charge is 0.378 e. The van der Waals surface area contributed by atoms with E-state index in [4.69, 9.17) is 0 Å². The maximum Gasteiger partial charge on any atom is 0.255 e. The van der Waals surface area contributed by atoms with Crippen molar-refractivity contribution in [2.24, 2.45) is 17.8 Å². The lowest BCUT2D eigenvalue weighted by Crippen LogP contribution is -2.35. The molecule has 2 bridgehead atoms. The molecule has 3 nitrogen and oxygen atoms in total. The molecular weight excluding hydrogens is 387 g/mol. The van der Waals surface area contributed by atoms with E-state index in [1.165, 1.54) is 42.5 Å². The first-order valence-corrected chi connectivity index (χ1v) is 11.2. The van der Waals surface area contributed by atoms with Crippen molar-refractivity contribution in [1.29, 1.82) is 0 Å². The molecule has 2 fully saturated rings. The van der Waals surface area contributed by atoms with Crippen LogP contribution in [0.5, 0.6) is 0 Å². The van der Waals surface area contributed by atoms with Crippen molar-refractivity contribution in [3.63, 3.8) is 0 Å².